The third-order valence-electron chi connectivity index (χ3n) is 4.75. The zero-order valence-electron chi connectivity index (χ0n) is 16.8. The summed E-state index contributed by atoms with van der Waals surface area (Å²) in [5, 5.41) is 0. The van der Waals surface area contributed by atoms with Crippen molar-refractivity contribution in [2.24, 2.45) is 0 Å². The van der Waals surface area contributed by atoms with E-state index in [0.29, 0.717) is 0 Å². The zero-order valence-corrected chi connectivity index (χ0v) is 18.4. The van der Waals surface area contributed by atoms with Gasteiger partial charge in [-0.1, -0.05) is 48.2 Å². The predicted molar refractivity (Wildman–Crippen MR) is 122 cm³/mol. The molecule has 0 atom stereocenters. The third-order valence-corrected chi connectivity index (χ3v) is 8.15. The molecule has 0 aromatic heterocycles. The molecule has 0 N–H and O–H groups in total. The number of aryl methyl sites for hydroxylation is 1. The van der Waals surface area contributed by atoms with Crippen LogP contribution < -0.4 is 0 Å². The summed E-state index contributed by atoms with van der Waals surface area (Å²) in [7, 11) is -0.227. The van der Waals surface area contributed by atoms with Crippen LogP contribution >= 0.6 is 11.8 Å². The zero-order chi connectivity index (χ0) is 21.8. The Morgan fingerprint density at radius 1 is 0.645 bits per heavy atom. The number of alkyl halides is 3. The largest absolute Gasteiger partial charge is 0.416 e. The molecule has 5 heteroatoms. The molecule has 0 bridgehead atoms. The highest BCUT2D eigenvalue weighted by Crippen LogP contribution is 2.37. The summed E-state index contributed by atoms with van der Waals surface area (Å²) in [6.07, 6.45) is -4.31. The molecule has 0 fully saturated rings. The van der Waals surface area contributed by atoms with E-state index in [1.807, 2.05) is 19.1 Å². The molecule has 0 aliphatic heterocycles. The van der Waals surface area contributed by atoms with Crippen LogP contribution in [-0.2, 0) is 17.1 Å². The first-order chi connectivity index (χ1) is 14.9. The monoisotopic (exact) mass is 453 g/mol. The van der Waals surface area contributed by atoms with E-state index < -0.39 is 11.7 Å². The molecular formula is C26H20F3S2+. The Labute approximate surface area is 187 Å². The van der Waals surface area contributed by atoms with Crippen LogP contribution in [0.3, 0.4) is 0 Å². The Morgan fingerprint density at radius 2 is 1.19 bits per heavy atom. The van der Waals surface area contributed by atoms with E-state index >= 15 is 0 Å². The molecule has 0 aliphatic carbocycles. The lowest BCUT2D eigenvalue weighted by Gasteiger charge is -2.11. The van der Waals surface area contributed by atoms with Gasteiger partial charge in [0.1, 0.15) is 0 Å². The summed E-state index contributed by atoms with van der Waals surface area (Å²) in [4.78, 5) is 5.53. The van der Waals surface area contributed by atoms with Gasteiger partial charge < -0.3 is 0 Å². The van der Waals surface area contributed by atoms with Crippen molar-refractivity contribution in [2.45, 2.75) is 37.6 Å². The van der Waals surface area contributed by atoms with E-state index in [2.05, 4.69) is 66.7 Å². The average Bonchev–Trinajstić information content (AvgIpc) is 2.77. The van der Waals surface area contributed by atoms with E-state index in [-0.39, 0.29) is 10.9 Å². The highest BCUT2D eigenvalue weighted by Gasteiger charge is 2.30. The van der Waals surface area contributed by atoms with Gasteiger partial charge in [0.15, 0.2) is 14.7 Å². The first kappa shape index (κ1) is 21.6. The standard InChI is InChI=1S/C26H20F3S2/c1-19-18-24(31(22-8-4-2-5-9-22)23-10-6-3-7-11-23)16-17-25(19)30-21-14-12-20(13-15-21)26(27,28)29/h2-18H,1H3/q+1. The Kier molecular flexibility index (Phi) is 6.44. The molecule has 0 spiro atoms. The third kappa shape index (κ3) is 5.17. The van der Waals surface area contributed by atoms with E-state index in [4.69, 9.17) is 0 Å². The van der Waals surface area contributed by atoms with Crippen LogP contribution in [0, 0.1) is 6.92 Å². The van der Waals surface area contributed by atoms with E-state index in [1.54, 1.807) is 0 Å². The van der Waals surface area contributed by atoms with Gasteiger partial charge in [0.2, 0.25) is 0 Å². The fourth-order valence-electron chi connectivity index (χ4n) is 3.22. The molecule has 4 aromatic rings. The Bertz CT molecular complexity index is 1100. The number of benzene rings is 4. The van der Waals surface area contributed by atoms with Crippen LogP contribution in [0.25, 0.3) is 0 Å². The Balaban J connectivity index is 1.64. The second-order valence-electron chi connectivity index (χ2n) is 6.98. The highest BCUT2D eigenvalue weighted by molar-refractivity contribution is 7.99. The second kappa shape index (κ2) is 9.25. The highest BCUT2D eigenvalue weighted by atomic mass is 32.2. The quantitative estimate of drug-likeness (QED) is 0.274. The first-order valence-corrected chi connectivity index (χ1v) is 11.8. The molecule has 0 heterocycles. The first-order valence-electron chi connectivity index (χ1n) is 9.72. The van der Waals surface area contributed by atoms with Gasteiger partial charge in [0.25, 0.3) is 0 Å². The number of rotatable bonds is 5. The van der Waals surface area contributed by atoms with E-state index in [1.165, 1.54) is 38.6 Å². The van der Waals surface area contributed by atoms with E-state index in [9.17, 15) is 13.2 Å². The summed E-state index contributed by atoms with van der Waals surface area (Å²) in [6.45, 7) is 2.05. The molecule has 0 radical (unpaired) electrons. The van der Waals surface area contributed by atoms with Gasteiger partial charge in [-0.15, -0.1) is 0 Å². The predicted octanol–water partition coefficient (Wildman–Crippen LogP) is 8.26. The normalized spacial score (nSPS) is 11.6. The maximum Gasteiger partial charge on any atom is 0.416 e. The maximum atomic E-state index is 12.8. The molecule has 0 saturated heterocycles. The van der Waals surface area contributed by atoms with Crippen molar-refractivity contribution in [3.8, 4) is 0 Å². The molecule has 4 aromatic carbocycles. The number of hydrogen-bond donors (Lipinski definition) is 0. The van der Waals surface area contributed by atoms with Crippen molar-refractivity contribution >= 4 is 22.7 Å². The SMILES string of the molecule is Cc1cc([S+](c2ccccc2)c2ccccc2)ccc1Sc1ccc(C(F)(F)F)cc1. The van der Waals surface area contributed by atoms with Crippen molar-refractivity contribution in [3.05, 3.63) is 114 Å². The van der Waals surface area contributed by atoms with Crippen molar-refractivity contribution in [2.75, 3.05) is 0 Å². The molecule has 0 nitrogen and oxygen atoms in total. The van der Waals surface area contributed by atoms with Crippen LogP contribution in [0.1, 0.15) is 11.1 Å². The Morgan fingerprint density at radius 3 is 1.68 bits per heavy atom. The lowest BCUT2D eigenvalue weighted by molar-refractivity contribution is -0.137. The van der Waals surface area contributed by atoms with Crippen molar-refractivity contribution in [1.82, 2.24) is 0 Å². The second-order valence-corrected chi connectivity index (χ2v) is 10.1. The van der Waals surface area contributed by atoms with Crippen molar-refractivity contribution in [3.63, 3.8) is 0 Å². The average molecular weight is 454 g/mol. The molecule has 156 valence electrons. The fourth-order valence-corrected chi connectivity index (χ4v) is 6.28. The van der Waals surface area contributed by atoms with Gasteiger partial charge in [0.05, 0.1) is 16.5 Å². The van der Waals surface area contributed by atoms with Crippen LogP contribution in [0.4, 0.5) is 13.2 Å². The van der Waals surface area contributed by atoms with Crippen molar-refractivity contribution < 1.29 is 13.2 Å². The minimum atomic E-state index is -4.31. The lowest BCUT2D eigenvalue weighted by atomic mass is 10.2. The molecule has 0 amide bonds. The lowest BCUT2D eigenvalue weighted by Crippen LogP contribution is -2.05. The van der Waals surface area contributed by atoms with Gasteiger partial charge in [0, 0.05) is 9.79 Å². The molecule has 0 saturated carbocycles. The molecule has 0 aliphatic rings. The van der Waals surface area contributed by atoms with Crippen LogP contribution in [0.5, 0.6) is 0 Å². The molecule has 0 unspecified atom stereocenters. The summed E-state index contributed by atoms with van der Waals surface area (Å²) < 4.78 is 38.4. The van der Waals surface area contributed by atoms with Gasteiger partial charge in [-0.05, 0) is 79.2 Å². The smallest absolute Gasteiger partial charge is 0.166 e. The van der Waals surface area contributed by atoms with Gasteiger partial charge >= 0.3 is 6.18 Å². The molecule has 31 heavy (non-hydrogen) atoms. The summed E-state index contributed by atoms with van der Waals surface area (Å²) >= 11 is 1.48. The molecule has 4 rings (SSSR count). The number of hydrogen-bond acceptors (Lipinski definition) is 1. The van der Waals surface area contributed by atoms with Gasteiger partial charge in [-0.3, -0.25) is 0 Å². The van der Waals surface area contributed by atoms with Crippen LogP contribution in [0.2, 0.25) is 0 Å². The Hall–Kier alpha value is -2.63. The van der Waals surface area contributed by atoms with Gasteiger partial charge in [-0.25, -0.2) is 0 Å². The van der Waals surface area contributed by atoms with Gasteiger partial charge in [-0.2, -0.15) is 13.2 Å². The number of halogens is 3. The topological polar surface area (TPSA) is 0 Å². The summed E-state index contributed by atoms with van der Waals surface area (Å²) in [6, 6.07) is 32.6. The summed E-state index contributed by atoms with van der Waals surface area (Å²) in [5.74, 6) is 0. The minimum Gasteiger partial charge on any atom is -0.166 e. The summed E-state index contributed by atoms with van der Waals surface area (Å²) in [5.41, 5.74) is 0.477. The maximum absolute atomic E-state index is 12.8. The fraction of sp³-hybridized carbons (Fsp3) is 0.0769. The van der Waals surface area contributed by atoms with Crippen molar-refractivity contribution in [1.29, 1.82) is 0 Å². The van der Waals surface area contributed by atoms with Crippen LogP contribution in [0.15, 0.2) is 128 Å². The minimum absolute atomic E-state index is 0.227. The van der Waals surface area contributed by atoms with Crippen LogP contribution in [-0.4, -0.2) is 0 Å². The molecular weight excluding hydrogens is 433 g/mol. The van der Waals surface area contributed by atoms with E-state index in [0.717, 1.165) is 27.5 Å².